The first-order valence-corrected chi connectivity index (χ1v) is 6.87. The molecule has 1 unspecified atom stereocenters. The number of esters is 1. The smallest absolute Gasteiger partial charge is 0.328 e. The number of rotatable bonds is 6. The highest BCUT2D eigenvalue weighted by Crippen LogP contribution is 2.39. The highest BCUT2D eigenvalue weighted by Gasteiger charge is 2.39. The van der Waals surface area contributed by atoms with E-state index in [1.165, 1.54) is 14.0 Å². The number of nitroso groups, excluding NO2 is 1. The number of nitrogens with zero attached hydrogens (tertiary/aromatic N) is 1. The van der Waals surface area contributed by atoms with Crippen LogP contribution >= 0.6 is 11.9 Å². The van der Waals surface area contributed by atoms with Crippen molar-refractivity contribution in [2.45, 2.75) is 37.0 Å². The van der Waals surface area contributed by atoms with Crippen molar-refractivity contribution in [1.29, 1.82) is 0 Å². The van der Waals surface area contributed by atoms with E-state index >= 15 is 0 Å². The molecule has 0 spiro atoms. The van der Waals surface area contributed by atoms with Crippen LogP contribution in [0.1, 0.15) is 26.2 Å². The summed E-state index contributed by atoms with van der Waals surface area (Å²) < 4.78 is 7.19. The quantitative estimate of drug-likeness (QED) is 0.422. The molecule has 19 heavy (non-hydrogen) atoms. The molecule has 1 aliphatic heterocycles. The van der Waals surface area contributed by atoms with Crippen molar-refractivity contribution in [3.05, 3.63) is 4.91 Å². The maximum absolute atomic E-state index is 11.7. The summed E-state index contributed by atoms with van der Waals surface area (Å²) in [5.74, 6) is -0.803. The van der Waals surface area contributed by atoms with Crippen LogP contribution in [0.25, 0.3) is 0 Å². The molecule has 1 atom stereocenters. The van der Waals surface area contributed by atoms with Gasteiger partial charge in [-0.25, -0.2) is 4.79 Å². The monoisotopic (exact) mass is 289 g/mol. The highest BCUT2D eigenvalue weighted by molar-refractivity contribution is 7.99. The lowest BCUT2D eigenvalue weighted by molar-refractivity contribution is -0.145. The summed E-state index contributed by atoms with van der Waals surface area (Å²) >= 11 is 0.953. The first kappa shape index (κ1) is 15.9. The summed E-state index contributed by atoms with van der Waals surface area (Å²) in [6, 6.07) is -0.741. The Hall–Kier alpha value is -1.15. The van der Waals surface area contributed by atoms with Gasteiger partial charge in [0.1, 0.15) is 6.04 Å². The van der Waals surface area contributed by atoms with Crippen molar-refractivity contribution in [2.24, 2.45) is 4.58 Å². The fraction of sp³-hybridized carbons (Fsp3) is 0.818. The molecule has 1 rings (SSSR count). The van der Waals surface area contributed by atoms with Gasteiger partial charge in [0.2, 0.25) is 5.91 Å². The van der Waals surface area contributed by atoms with Gasteiger partial charge in [0.15, 0.2) is 0 Å². The van der Waals surface area contributed by atoms with Gasteiger partial charge in [-0.15, -0.1) is 4.91 Å². The van der Waals surface area contributed by atoms with Gasteiger partial charge < -0.3 is 15.4 Å². The van der Waals surface area contributed by atoms with E-state index in [4.69, 9.17) is 4.74 Å². The molecule has 2 N–H and O–H groups in total. The standard InChI is InChI=1S/C11H19N3O4S/c1-8(15)13-9(10(16)18-2)7-11(19-14-17)3-5-12-6-4-11/h9,12H,3-7H2,1-2H3,(H,13,15). The minimum absolute atomic E-state index is 0.302. The van der Waals surface area contributed by atoms with Crippen molar-refractivity contribution in [3.8, 4) is 0 Å². The molecule has 1 heterocycles. The molecule has 7 nitrogen and oxygen atoms in total. The molecule has 0 bridgehead atoms. The Labute approximate surface area is 116 Å². The van der Waals surface area contributed by atoms with Crippen molar-refractivity contribution in [2.75, 3.05) is 20.2 Å². The molecule has 0 radical (unpaired) electrons. The van der Waals surface area contributed by atoms with Gasteiger partial charge in [-0.1, -0.05) is 0 Å². The molecule has 1 fully saturated rings. The van der Waals surface area contributed by atoms with Crippen LogP contribution in [-0.4, -0.2) is 42.9 Å². The van der Waals surface area contributed by atoms with E-state index in [0.717, 1.165) is 37.9 Å². The summed E-state index contributed by atoms with van der Waals surface area (Å²) in [4.78, 5) is 33.5. The molecule has 0 saturated carbocycles. The fourth-order valence-electron chi connectivity index (χ4n) is 2.25. The lowest BCUT2D eigenvalue weighted by Crippen LogP contribution is -2.48. The number of hydrogen-bond acceptors (Lipinski definition) is 7. The van der Waals surface area contributed by atoms with Crippen molar-refractivity contribution < 1.29 is 14.3 Å². The van der Waals surface area contributed by atoms with Crippen LogP contribution in [0.2, 0.25) is 0 Å². The van der Waals surface area contributed by atoms with Gasteiger partial charge in [0.25, 0.3) is 0 Å². The molecular formula is C11H19N3O4S. The number of ether oxygens (including phenoxy) is 1. The van der Waals surface area contributed by atoms with Crippen molar-refractivity contribution >= 4 is 23.8 Å². The molecule has 0 aromatic heterocycles. The van der Waals surface area contributed by atoms with Gasteiger partial charge in [-0.3, -0.25) is 4.79 Å². The second-order valence-corrected chi connectivity index (χ2v) is 5.78. The number of carbonyl (C=O) groups excluding carboxylic acids is 2. The van der Waals surface area contributed by atoms with Crippen molar-refractivity contribution in [1.82, 2.24) is 10.6 Å². The molecule has 108 valence electrons. The number of hydrogen-bond donors (Lipinski definition) is 2. The van der Waals surface area contributed by atoms with E-state index in [-0.39, 0.29) is 5.91 Å². The van der Waals surface area contributed by atoms with Crippen LogP contribution in [0.15, 0.2) is 4.58 Å². The molecule has 0 aromatic carbocycles. The molecule has 0 aliphatic carbocycles. The number of piperidine rings is 1. The second kappa shape index (κ2) is 7.44. The molecule has 1 amide bonds. The van der Waals surface area contributed by atoms with E-state index in [9.17, 15) is 14.5 Å². The summed E-state index contributed by atoms with van der Waals surface area (Å²) in [6.45, 7) is 2.86. The summed E-state index contributed by atoms with van der Waals surface area (Å²) in [6.07, 6.45) is 1.78. The fourth-order valence-corrected chi connectivity index (χ4v) is 3.03. The lowest BCUT2D eigenvalue weighted by atomic mass is 9.89. The highest BCUT2D eigenvalue weighted by atomic mass is 32.2. The van der Waals surface area contributed by atoms with Crippen molar-refractivity contribution in [3.63, 3.8) is 0 Å². The topological polar surface area (TPSA) is 96.9 Å². The number of carbonyl (C=O) groups is 2. The van der Waals surface area contributed by atoms with Crippen LogP contribution < -0.4 is 10.6 Å². The molecular weight excluding hydrogens is 270 g/mol. The first-order chi connectivity index (χ1) is 9.03. The predicted octanol–water partition coefficient (Wildman–Crippen LogP) is 0.591. The predicted molar refractivity (Wildman–Crippen MR) is 72.5 cm³/mol. The van der Waals surface area contributed by atoms with Crippen LogP contribution in [0, 0.1) is 4.91 Å². The maximum Gasteiger partial charge on any atom is 0.328 e. The van der Waals surface area contributed by atoms with E-state index in [0.29, 0.717) is 6.42 Å². The number of amides is 1. The number of methoxy groups -OCH3 is 1. The Morgan fingerprint density at radius 1 is 1.47 bits per heavy atom. The summed E-state index contributed by atoms with van der Waals surface area (Å²) in [5, 5.41) is 5.76. The Morgan fingerprint density at radius 3 is 2.58 bits per heavy atom. The molecule has 1 saturated heterocycles. The zero-order valence-electron chi connectivity index (χ0n) is 11.1. The zero-order chi connectivity index (χ0) is 14.3. The largest absolute Gasteiger partial charge is 0.467 e. The van der Waals surface area contributed by atoms with Crippen LogP contribution in [0.3, 0.4) is 0 Å². The van der Waals surface area contributed by atoms with E-state index in [2.05, 4.69) is 15.2 Å². The lowest BCUT2D eigenvalue weighted by Gasteiger charge is -2.36. The molecule has 1 aliphatic rings. The zero-order valence-corrected chi connectivity index (χ0v) is 11.9. The van der Waals surface area contributed by atoms with Gasteiger partial charge in [0.05, 0.1) is 7.11 Å². The Balaban J connectivity index is 2.79. The van der Waals surface area contributed by atoms with Gasteiger partial charge in [0, 0.05) is 28.2 Å². The third kappa shape index (κ3) is 4.79. The molecule has 0 aromatic rings. The normalized spacial score (nSPS) is 19.3. The van der Waals surface area contributed by atoms with Gasteiger partial charge in [-0.2, -0.15) is 0 Å². The average Bonchev–Trinajstić information content (AvgIpc) is 2.38. The van der Waals surface area contributed by atoms with E-state index in [1.807, 2.05) is 0 Å². The summed E-state index contributed by atoms with van der Waals surface area (Å²) in [5.41, 5.74) is 0. The minimum Gasteiger partial charge on any atom is -0.467 e. The first-order valence-electron chi connectivity index (χ1n) is 6.09. The maximum atomic E-state index is 11.7. The second-order valence-electron chi connectivity index (χ2n) is 4.58. The Kier molecular flexibility index (Phi) is 6.23. The van der Waals surface area contributed by atoms with Gasteiger partial charge >= 0.3 is 5.97 Å². The van der Waals surface area contributed by atoms with Crippen LogP contribution in [0.4, 0.5) is 0 Å². The Bertz CT molecular complexity index is 345. The van der Waals surface area contributed by atoms with E-state index in [1.54, 1.807) is 0 Å². The Morgan fingerprint density at radius 2 is 2.11 bits per heavy atom. The summed E-state index contributed by atoms with van der Waals surface area (Å²) in [7, 11) is 1.28. The van der Waals surface area contributed by atoms with Crippen LogP contribution in [0.5, 0.6) is 0 Å². The van der Waals surface area contributed by atoms with Crippen LogP contribution in [-0.2, 0) is 14.3 Å². The SMILES string of the molecule is COC(=O)C(CC1(SN=O)CCNCC1)NC(C)=O. The molecule has 8 heteroatoms. The van der Waals surface area contributed by atoms with E-state index < -0.39 is 16.8 Å². The third-order valence-corrected chi connectivity index (χ3v) is 4.22. The minimum atomic E-state index is -0.741. The average molecular weight is 289 g/mol. The third-order valence-electron chi connectivity index (χ3n) is 3.19. The number of nitrogens with one attached hydrogen (secondary N) is 2. The van der Waals surface area contributed by atoms with Gasteiger partial charge in [-0.05, 0) is 32.4 Å².